The van der Waals surface area contributed by atoms with Crippen molar-refractivity contribution < 1.29 is 9.90 Å². The van der Waals surface area contributed by atoms with Gasteiger partial charge >= 0.3 is 0 Å². The molecule has 0 aliphatic carbocycles. The van der Waals surface area contributed by atoms with Gasteiger partial charge in [-0.1, -0.05) is 12.1 Å². The average Bonchev–Trinajstić information content (AvgIpc) is 2.12. The molecule has 0 saturated heterocycles. The Morgan fingerprint density at radius 1 is 1.36 bits per heavy atom. The average molecular weight is 193 g/mol. The Kier molecular flexibility index (Phi) is 2.91. The minimum absolute atomic E-state index is 0.0745. The first-order valence-corrected chi connectivity index (χ1v) is 4.49. The molecule has 76 valence electrons. The molecule has 14 heavy (non-hydrogen) atoms. The number of hydrogen-bond acceptors (Lipinski definition) is 3. The lowest BCUT2D eigenvalue weighted by atomic mass is 9.99. The summed E-state index contributed by atoms with van der Waals surface area (Å²) in [5, 5.41) is 9.53. The summed E-state index contributed by atoms with van der Waals surface area (Å²) in [7, 11) is 0. The first-order valence-electron chi connectivity index (χ1n) is 4.49. The molecule has 0 bridgehead atoms. The Bertz CT molecular complexity index is 349. The molecular formula is C11H15NO2. The van der Waals surface area contributed by atoms with Crippen LogP contribution in [-0.2, 0) is 4.79 Å². The molecular weight excluding hydrogens is 178 g/mol. The van der Waals surface area contributed by atoms with Crippen molar-refractivity contribution in [2.24, 2.45) is 5.73 Å². The molecule has 1 aromatic rings. The molecule has 0 radical (unpaired) electrons. The van der Waals surface area contributed by atoms with Gasteiger partial charge in [-0.25, -0.2) is 0 Å². The van der Waals surface area contributed by atoms with Crippen LogP contribution in [0.1, 0.15) is 29.7 Å². The molecule has 3 heteroatoms. The third-order valence-electron chi connectivity index (χ3n) is 2.31. The molecule has 3 nitrogen and oxygen atoms in total. The smallest absolute Gasteiger partial charge is 0.150 e. The molecule has 0 aliphatic rings. The van der Waals surface area contributed by atoms with Crippen molar-refractivity contribution in [2.45, 2.75) is 26.8 Å². The van der Waals surface area contributed by atoms with Crippen LogP contribution in [0.3, 0.4) is 0 Å². The molecule has 0 fully saturated rings. The summed E-state index contributed by atoms with van der Waals surface area (Å²) >= 11 is 0. The number of hydrogen-bond donors (Lipinski definition) is 2. The number of Topliss-reactive ketones (excluding diaryl/α,β-unsaturated/α-hetero) is 1. The normalized spacial score (nSPS) is 12.6. The van der Waals surface area contributed by atoms with Gasteiger partial charge in [-0.15, -0.1) is 0 Å². The number of ketones is 1. The molecule has 0 aromatic heterocycles. The zero-order valence-corrected chi connectivity index (χ0v) is 8.66. The maximum atomic E-state index is 11.1. The van der Waals surface area contributed by atoms with E-state index in [1.165, 1.54) is 6.92 Å². The Balaban J connectivity index is 3.19. The van der Waals surface area contributed by atoms with Gasteiger partial charge in [0.15, 0.2) is 5.78 Å². The highest BCUT2D eigenvalue weighted by atomic mass is 16.3. The molecule has 0 aliphatic heterocycles. The Hall–Kier alpha value is -1.35. The van der Waals surface area contributed by atoms with E-state index in [1.807, 2.05) is 0 Å². The third kappa shape index (κ3) is 1.93. The van der Waals surface area contributed by atoms with Crippen molar-refractivity contribution in [3.8, 4) is 5.75 Å². The first-order chi connectivity index (χ1) is 6.43. The van der Waals surface area contributed by atoms with Gasteiger partial charge in [-0.05, 0) is 37.5 Å². The standard InChI is InChI=1S/C11H15NO2/c1-6-4-9(10(12)8(3)13)5-7(2)11(6)14/h4-5,10,14H,12H2,1-3H3. The third-order valence-corrected chi connectivity index (χ3v) is 2.31. The van der Waals surface area contributed by atoms with Gasteiger partial charge in [0, 0.05) is 0 Å². The number of phenols is 1. The molecule has 1 rings (SSSR count). The summed E-state index contributed by atoms with van der Waals surface area (Å²) in [6.07, 6.45) is 0. The zero-order chi connectivity index (χ0) is 10.9. The SMILES string of the molecule is CC(=O)C(N)c1cc(C)c(O)c(C)c1. The number of aromatic hydroxyl groups is 1. The number of nitrogens with two attached hydrogens (primary N) is 1. The molecule has 0 spiro atoms. The van der Waals surface area contributed by atoms with Crippen LogP contribution >= 0.6 is 0 Å². The number of carbonyl (C=O) groups excluding carboxylic acids is 1. The number of phenolic OH excluding ortho intramolecular Hbond substituents is 1. The summed E-state index contributed by atoms with van der Waals surface area (Å²) in [6.45, 7) is 5.04. The second kappa shape index (κ2) is 3.80. The second-order valence-corrected chi connectivity index (χ2v) is 3.59. The fourth-order valence-corrected chi connectivity index (χ4v) is 1.40. The number of rotatable bonds is 2. The Morgan fingerprint density at radius 2 is 1.79 bits per heavy atom. The van der Waals surface area contributed by atoms with E-state index >= 15 is 0 Å². The van der Waals surface area contributed by atoms with Crippen LogP contribution in [0, 0.1) is 13.8 Å². The van der Waals surface area contributed by atoms with Crippen molar-refractivity contribution in [3.05, 3.63) is 28.8 Å². The van der Waals surface area contributed by atoms with Crippen molar-refractivity contribution in [2.75, 3.05) is 0 Å². The Labute approximate surface area is 83.6 Å². The van der Waals surface area contributed by atoms with Crippen molar-refractivity contribution in [3.63, 3.8) is 0 Å². The fourth-order valence-electron chi connectivity index (χ4n) is 1.40. The van der Waals surface area contributed by atoms with Crippen LogP contribution in [0.4, 0.5) is 0 Å². The van der Waals surface area contributed by atoms with Crippen LogP contribution in [0.5, 0.6) is 5.75 Å². The van der Waals surface area contributed by atoms with Crippen molar-refractivity contribution in [1.82, 2.24) is 0 Å². The van der Waals surface area contributed by atoms with Crippen LogP contribution in [0.2, 0.25) is 0 Å². The molecule has 1 atom stereocenters. The van der Waals surface area contributed by atoms with Gasteiger partial charge in [0.05, 0.1) is 6.04 Å². The van der Waals surface area contributed by atoms with E-state index in [1.54, 1.807) is 26.0 Å². The second-order valence-electron chi connectivity index (χ2n) is 3.59. The van der Waals surface area contributed by atoms with Crippen molar-refractivity contribution >= 4 is 5.78 Å². The summed E-state index contributed by atoms with van der Waals surface area (Å²) in [5.41, 5.74) is 7.94. The summed E-state index contributed by atoms with van der Waals surface area (Å²) in [5.74, 6) is 0.194. The lowest BCUT2D eigenvalue weighted by Gasteiger charge is -2.11. The largest absolute Gasteiger partial charge is 0.507 e. The molecule has 3 N–H and O–H groups in total. The molecule has 1 unspecified atom stereocenters. The minimum Gasteiger partial charge on any atom is -0.507 e. The quantitative estimate of drug-likeness (QED) is 0.749. The minimum atomic E-state index is -0.590. The van der Waals surface area contributed by atoms with Crippen LogP contribution in [0.25, 0.3) is 0 Å². The maximum absolute atomic E-state index is 11.1. The Morgan fingerprint density at radius 3 is 2.14 bits per heavy atom. The fraction of sp³-hybridized carbons (Fsp3) is 0.364. The van der Waals surface area contributed by atoms with Crippen LogP contribution in [-0.4, -0.2) is 10.9 Å². The van der Waals surface area contributed by atoms with Gasteiger partial charge in [0.2, 0.25) is 0 Å². The van der Waals surface area contributed by atoms with E-state index in [4.69, 9.17) is 5.73 Å². The summed E-state index contributed by atoms with van der Waals surface area (Å²) in [4.78, 5) is 11.1. The molecule has 0 amide bonds. The van der Waals surface area contributed by atoms with E-state index in [2.05, 4.69) is 0 Å². The predicted molar refractivity (Wildman–Crippen MR) is 55.2 cm³/mol. The molecule has 1 aromatic carbocycles. The van der Waals surface area contributed by atoms with Crippen LogP contribution in [0.15, 0.2) is 12.1 Å². The first kappa shape index (κ1) is 10.7. The van der Waals surface area contributed by atoms with E-state index in [0.717, 1.165) is 16.7 Å². The highest BCUT2D eigenvalue weighted by Crippen LogP contribution is 2.25. The molecule has 0 heterocycles. The van der Waals surface area contributed by atoms with Gasteiger partial charge < -0.3 is 10.8 Å². The molecule has 0 saturated carbocycles. The van der Waals surface area contributed by atoms with Gasteiger partial charge in [0.1, 0.15) is 5.75 Å². The summed E-state index contributed by atoms with van der Waals surface area (Å²) in [6, 6.07) is 2.90. The lowest BCUT2D eigenvalue weighted by Crippen LogP contribution is -2.18. The topological polar surface area (TPSA) is 63.3 Å². The zero-order valence-electron chi connectivity index (χ0n) is 8.66. The summed E-state index contributed by atoms with van der Waals surface area (Å²) < 4.78 is 0. The predicted octanol–water partition coefficient (Wildman–Crippen LogP) is 1.60. The lowest BCUT2D eigenvalue weighted by molar-refractivity contribution is -0.118. The van der Waals surface area contributed by atoms with Crippen molar-refractivity contribution in [1.29, 1.82) is 0 Å². The van der Waals surface area contributed by atoms with Gasteiger partial charge in [-0.3, -0.25) is 4.79 Å². The van der Waals surface area contributed by atoms with Gasteiger partial charge in [-0.2, -0.15) is 0 Å². The number of carbonyl (C=O) groups is 1. The highest BCUT2D eigenvalue weighted by Gasteiger charge is 2.13. The van der Waals surface area contributed by atoms with E-state index in [0.29, 0.717) is 0 Å². The van der Waals surface area contributed by atoms with E-state index in [9.17, 15) is 9.90 Å². The van der Waals surface area contributed by atoms with E-state index < -0.39 is 6.04 Å². The number of benzene rings is 1. The highest BCUT2D eigenvalue weighted by molar-refractivity contribution is 5.82. The number of aryl methyl sites for hydroxylation is 2. The van der Waals surface area contributed by atoms with Crippen LogP contribution < -0.4 is 5.73 Å². The van der Waals surface area contributed by atoms with Gasteiger partial charge in [0.25, 0.3) is 0 Å². The van der Waals surface area contributed by atoms with E-state index in [-0.39, 0.29) is 11.5 Å². The maximum Gasteiger partial charge on any atom is 0.150 e. The monoisotopic (exact) mass is 193 g/mol.